The fourth-order valence-electron chi connectivity index (χ4n) is 1.77. The zero-order chi connectivity index (χ0) is 8.81. The molecule has 0 aromatic heterocycles. The van der Waals surface area contributed by atoms with Gasteiger partial charge >= 0.3 is 0 Å². The van der Waals surface area contributed by atoms with Gasteiger partial charge < -0.3 is 5.32 Å². The summed E-state index contributed by atoms with van der Waals surface area (Å²) >= 11 is 0. The monoisotopic (exact) mass is 165 g/mol. The lowest BCUT2D eigenvalue weighted by Crippen LogP contribution is -2.39. The van der Waals surface area contributed by atoms with Crippen molar-refractivity contribution in [3.8, 4) is 0 Å². The molecule has 1 heterocycles. The molecule has 1 fully saturated rings. The van der Waals surface area contributed by atoms with Crippen molar-refractivity contribution in [2.75, 3.05) is 0 Å². The van der Waals surface area contributed by atoms with Crippen LogP contribution in [0.5, 0.6) is 0 Å². The highest BCUT2D eigenvalue weighted by molar-refractivity contribution is 5.01. The maximum Gasteiger partial charge on any atom is 0.0255 e. The number of hydrogen-bond acceptors (Lipinski definition) is 1. The molecule has 1 nitrogen and oxygen atoms in total. The zero-order valence-electron chi connectivity index (χ0n) is 8.09. The molecule has 0 saturated carbocycles. The van der Waals surface area contributed by atoms with E-state index in [0.717, 1.165) is 0 Å². The van der Waals surface area contributed by atoms with Crippen molar-refractivity contribution in [1.29, 1.82) is 0 Å². The molecule has 0 aromatic rings. The quantitative estimate of drug-likeness (QED) is 0.620. The first kappa shape index (κ1) is 9.53. The van der Waals surface area contributed by atoms with E-state index in [4.69, 9.17) is 0 Å². The maximum atomic E-state index is 3.58. The molecule has 2 unspecified atom stereocenters. The van der Waals surface area contributed by atoms with Crippen LogP contribution in [0, 0.1) is 0 Å². The van der Waals surface area contributed by atoms with Crippen LogP contribution < -0.4 is 5.32 Å². The number of nitrogens with one attached hydrogen (secondary N) is 1. The van der Waals surface area contributed by atoms with Gasteiger partial charge in [-0.1, -0.05) is 24.3 Å². The molecule has 12 heavy (non-hydrogen) atoms. The minimum absolute atomic E-state index is 0.602. The minimum atomic E-state index is 0.602. The average molecular weight is 165 g/mol. The summed E-state index contributed by atoms with van der Waals surface area (Å²) in [5, 5.41) is 3.58. The van der Waals surface area contributed by atoms with Crippen molar-refractivity contribution in [2.45, 2.75) is 45.2 Å². The molecular formula is C11H19N. The van der Waals surface area contributed by atoms with Crippen molar-refractivity contribution in [3.63, 3.8) is 0 Å². The van der Waals surface area contributed by atoms with Crippen molar-refractivity contribution >= 4 is 0 Å². The molecule has 0 spiro atoms. The molecule has 0 aromatic carbocycles. The highest BCUT2D eigenvalue weighted by Crippen LogP contribution is 2.14. The van der Waals surface area contributed by atoms with Crippen LogP contribution >= 0.6 is 0 Å². The van der Waals surface area contributed by atoms with E-state index in [1.165, 1.54) is 19.3 Å². The molecule has 1 N–H and O–H groups in total. The van der Waals surface area contributed by atoms with E-state index < -0.39 is 0 Å². The van der Waals surface area contributed by atoms with Crippen LogP contribution in [0.3, 0.4) is 0 Å². The van der Waals surface area contributed by atoms with Gasteiger partial charge in [-0.25, -0.2) is 0 Å². The third-order valence-corrected chi connectivity index (χ3v) is 2.31. The summed E-state index contributed by atoms with van der Waals surface area (Å²) in [6.07, 6.45) is 12.7. The van der Waals surface area contributed by atoms with Crippen LogP contribution in [-0.4, -0.2) is 12.1 Å². The van der Waals surface area contributed by atoms with Gasteiger partial charge in [0.15, 0.2) is 0 Å². The Kier molecular flexibility index (Phi) is 4.09. The second-order valence-corrected chi connectivity index (χ2v) is 3.36. The molecular weight excluding hydrogens is 146 g/mol. The standard InChI is InChI=1S/C11H19N/c1-3-6-10-8-5-9-11(12-10)7-4-2/h3-4,6-7,10-12H,5,8-9H2,1-2H3/b6-3+,7-4+. The molecule has 1 saturated heterocycles. The van der Waals surface area contributed by atoms with Crippen molar-refractivity contribution in [3.05, 3.63) is 24.3 Å². The van der Waals surface area contributed by atoms with Crippen molar-refractivity contribution < 1.29 is 0 Å². The third kappa shape index (κ3) is 2.82. The first-order chi connectivity index (χ1) is 5.86. The van der Waals surface area contributed by atoms with Crippen LogP contribution in [0.1, 0.15) is 33.1 Å². The topological polar surface area (TPSA) is 12.0 Å². The SMILES string of the molecule is C/C=C/C1CCCC(/C=C/C)N1. The number of hydrogen-bond donors (Lipinski definition) is 1. The largest absolute Gasteiger partial charge is 0.304 e. The van der Waals surface area contributed by atoms with Gasteiger partial charge in [0, 0.05) is 12.1 Å². The van der Waals surface area contributed by atoms with Gasteiger partial charge in [-0.2, -0.15) is 0 Å². The normalized spacial score (nSPS) is 31.8. The van der Waals surface area contributed by atoms with Gasteiger partial charge in [0.25, 0.3) is 0 Å². The molecule has 0 amide bonds. The second-order valence-electron chi connectivity index (χ2n) is 3.36. The number of allylic oxidation sites excluding steroid dienone is 2. The summed E-state index contributed by atoms with van der Waals surface area (Å²) in [6, 6.07) is 1.20. The smallest absolute Gasteiger partial charge is 0.0255 e. The van der Waals surface area contributed by atoms with E-state index in [-0.39, 0.29) is 0 Å². The van der Waals surface area contributed by atoms with Crippen LogP contribution in [0.4, 0.5) is 0 Å². The molecule has 2 atom stereocenters. The molecule has 0 bridgehead atoms. The Morgan fingerprint density at radius 3 is 1.92 bits per heavy atom. The zero-order valence-corrected chi connectivity index (χ0v) is 8.09. The lowest BCUT2D eigenvalue weighted by atomic mass is 9.98. The summed E-state index contributed by atoms with van der Waals surface area (Å²) in [5.74, 6) is 0. The average Bonchev–Trinajstić information content (AvgIpc) is 2.06. The van der Waals surface area contributed by atoms with Crippen LogP contribution in [-0.2, 0) is 0 Å². The predicted molar refractivity (Wildman–Crippen MR) is 54.2 cm³/mol. The lowest BCUT2D eigenvalue weighted by Gasteiger charge is -2.27. The minimum Gasteiger partial charge on any atom is -0.304 e. The Balaban J connectivity index is 2.40. The van der Waals surface area contributed by atoms with E-state index in [9.17, 15) is 0 Å². The van der Waals surface area contributed by atoms with Crippen LogP contribution in [0.25, 0.3) is 0 Å². The third-order valence-electron chi connectivity index (χ3n) is 2.31. The van der Waals surface area contributed by atoms with Crippen LogP contribution in [0.15, 0.2) is 24.3 Å². The molecule has 1 aliphatic rings. The van der Waals surface area contributed by atoms with E-state index in [2.05, 4.69) is 43.5 Å². The highest BCUT2D eigenvalue weighted by Gasteiger charge is 2.15. The molecule has 1 rings (SSSR count). The van der Waals surface area contributed by atoms with Gasteiger partial charge in [0.05, 0.1) is 0 Å². The summed E-state index contributed by atoms with van der Waals surface area (Å²) in [5.41, 5.74) is 0. The van der Waals surface area contributed by atoms with Gasteiger partial charge in [0.1, 0.15) is 0 Å². The first-order valence-electron chi connectivity index (χ1n) is 4.88. The molecule has 1 aliphatic heterocycles. The molecule has 68 valence electrons. The van der Waals surface area contributed by atoms with Gasteiger partial charge in [-0.15, -0.1) is 0 Å². The number of rotatable bonds is 2. The van der Waals surface area contributed by atoms with E-state index >= 15 is 0 Å². The first-order valence-corrected chi connectivity index (χ1v) is 4.88. The van der Waals surface area contributed by atoms with Gasteiger partial charge in [-0.05, 0) is 33.1 Å². The second kappa shape index (κ2) is 5.15. The van der Waals surface area contributed by atoms with Crippen molar-refractivity contribution in [1.82, 2.24) is 5.32 Å². The Morgan fingerprint density at radius 2 is 1.50 bits per heavy atom. The Morgan fingerprint density at radius 1 is 1.00 bits per heavy atom. The maximum absolute atomic E-state index is 3.58. The summed E-state index contributed by atoms with van der Waals surface area (Å²) in [6.45, 7) is 4.17. The van der Waals surface area contributed by atoms with Crippen molar-refractivity contribution in [2.24, 2.45) is 0 Å². The Labute approximate surface area is 75.6 Å². The van der Waals surface area contributed by atoms with Gasteiger partial charge in [0.2, 0.25) is 0 Å². The number of piperidine rings is 1. The highest BCUT2D eigenvalue weighted by atomic mass is 14.9. The fraction of sp³-hybridized carbons (Fsp3) is 0.636. The Bertz CT molecular complexity index is 152. The molecule has 0 radical (unpaired) electrons. The van der Waals surface area contributed by atoms with E-state index in [1.54, 1.807) is 0 Å². The van der Waals surface area contributed by atoms with Gasteiger partial charge in [-0.3, -0.25) is 0 Å². The summed E-state index contributed by atoms with van der Waals surface area (Å²) in [4.78, 5) is 0. The molecule has 0 aliphatic carbocycles. The Hall–Kier alpha value is -0.560. The molecule has 1 heteroatoms. The fourth-order valence-corrected chi connectivity index (χ4v) is 1.77. The van der Waals surface area contributed by atoms with E-state index in [1.807, 2.05) is 0 Å². The van der Waals surface area contributed by atoms with E-state index in [0.29, 0.717) is 12.1 Å². The summed E-state index contributed by atoms with van der Waals surface area (Å²) in [7, 11) is 0. The lowest BCUT2D eigenvalue weighted by molar-refractivity contribution is 0.399. The predicted octanol–water partition coefficient (Wildman–Crippen LogP) is 2.65. The summed E-state index contributed by atoms with van der Waals surface area (Å²) < 4.78 is 0. The van der Waals surface area contributed by atoms with Crippen LogP contribution in [0.2, 0.25) is 0 Å².